The minimum absolute atomic E-state index is 0.0390. The number of hydrogen-bond donors (Lipinski definition) is 2. The van der Waals surface area contributed by atoms with Crippen molar-refractivity contribution in [2.45, 2.75) is 25.1 Å². The van der Waals surface area contributed by atoms with E-state index < -0.39 is 8.32 Å². The third kappa shape index (κ3) is 2.45. The molecular formula is C13H21NO2Si. The summed E-state index contributed by atoms with van der Waals surface area (Å²) >= 11 is 0. The number of aliphatic hydroxyl groups excluding tert-OH is 1. The van der Waals surface area contributed by atoms with Crippen molar-refractivity contribution in [3.05, 3.63) is 35.9 Å². The van der Waals surface area contributed by atoms with Gasteiger partial charge in [0.1, 0.15) is 0 Å². The summed E-state index contributed by atoms with van der Waals surface area (Å²) in [7, 11) is -2.46. The lowest BCUT2D eigenvalue weighted by molar-refractivity contribution is 0.0946. The Hall–Kier alpha value is -0.683. The highest BCUT2D eigenvalue weighted by molar-refractivity contribution is 6.74. The van der Waals surface area contributed by atoms with E-state index in [1.807, 2.05) is 24.7 Å². The second kappa shape index (κ2) is 4.53. The van der Waals surface area contributed by atoms with E-state index in [9.17, 15) is 9.90 Å². The Morgan fingerprint density at radius 3 is 2.41 bits per heavy atom. The molecule has 1 atom stereocenters. The quantitative estimate of drug-likeness (QED) is 0.794. The SMILES string of the molecule is CC1([Si](C)(O)CO)CN(Cc2ccccc2)C1. The first-order chi connectivity index (χ1) is 7.97. The molecule has 0 aromatic heterocycles. The summed E-state index contributed by atoms with van der Waals surface area (Å²) in [6, 6.07) is 10.4. The van der Waals surface area contributed by atoms with Gasteiger partial charge >= 0.3 is 0 Å². The van der Waals surface area contributed by atoms with E-state index in [0.717, 1.165) is 19.6 Å². The molecule has 1 fully saturated rings. The number of likely N-dealkylation sites (tertiary alicyclic amines) is 1. The van der Waals surface area contributed by atoms with Crippen molar-refractivity contribution in [3.63, 3.8) is 0 Å². The van der Waals surface area contributed by atoms with E-state index >= 15 is 0 Å². The van der Waals surface area contributed by atoms with Gasteiger partial charge in [-0.3, -0.25) is 4.90 Å². The first-order valence-corrected chi connectivity index (χ1v) is 8.72. The number of nitrogens with zero attached hydrogens (tertiary/aromatic N) is 1. The summed E-state index contributed by atoms with van der Waals surface area (Å²) in [5.41, 5.74) is 1.31. The summed E-state index contributed by atoms with van der Waals surface area (Å²) in [4.78, 5) is 12.6. The van der Waals surface area contributed by atoms with Gasteiger partial charge in [0.25, 0.3) is 0 Å². The molecule has 0 bridgehead atoms. The molecule has 2 rings (SSSR count). The van der Waals surface area contributed by atoms with Gasteiger partial charge in [-0.1, -0.05) is 37.3 Å². The van der Waals surface area contributed by atoms with Gasteiger partial charge in [-0.05, 0) is 12.1 Å². The fourth-order valence-corrected chi connectivity index (χ4v) is 3.94. The van der Waals surface area contributed by atoms with Crippen LogP contribution in [-0.4, -0.2) is 42.4 Å². The minimum atomic E-state index is -2.46. The Balaban J connectivity index is 1.91. The van der Waals surface area contributed by atoms with Crippen molar-refractivity contribution in [2.75, 3.05) is 19.3 Å². The van der Waals surface area contributed by atoms with Crippen LogP contribution >= 0.6 is 0 Å². The monoisotopic (exact) mass is 251 g/mol. The molecule has 0 aliphatic carbocycles. The van der Waals surface area contributed by atoms with Gasteiger partial charge in [-0.15, -0.1) is 0 Å². The zero-order valence-electron chi connectivity index (χ0n) is 10.6. The van der Waals surface area contributed by atoms with Crippen molar-refractivity contribution in [1.82, 2.24) is 4.90 Å². The normalized spacial score (nSPS) is 22.8. The van der Waals surface area contributed by atoms with Crippen LogP contribution in [0.25, 0.3) is 0 Å². The number of benzene rings is 1. The summed E-state index contributed by atoms with van der Waals surface area (Å²) in [6.07, 6.45) is -0.0390. The van der Waals surface area contributed by atoms with Crippen molar-refractivity contribution in [3.8, 4) is 0 Å². The van der Waals surface area contributed by atoms with E-state index in [4.69, 9.17) is 0 Å². The van der Waals surface area contributed by atoms with Crippen LogP contribution in [0.1, 0.15) is 12.5 Å². The van der Waals surface area contributed by atoms with Crippen LogP contribution in [0.5, 0.6) is 0 Å². The topological polar surface area (TPSA) is 43.7 Å². The molecule has 1 heterocycles. The Morgan fingerprint density at radius 2 is 1.88 bits per heavy atom. The molecule has 17 heavy (non-hydrogen) atoms. The van der Waals surface area contributed by atoms with Crippen LogP contribution < -0.4 is 0 Å². The van der Waals surface area contributed by atoms with Crippen LogP contribution in [-0.2, 0) is 6.54 Å². The highest BCUT2D eigenvalue weighted by atomic mass is 28.4. The van der Waals surface area contributed by atoms with Gasteiger partial charge in [0.15, 0.2) is 0 Å². The second-order valence-corrected chi connectivity index (χ2v) is 9.69. The van der Waals surface area contributed by atoms with Crippen LogP contribution in [0.2, 0.25) is 11.6 Å². The fourth-order valence-electron chi connectivity index (χ4n) is 2.43. The molecule has 1 unspecified atom stereocenters. The first kappa shape index (κ1) is 12.8. The predicted octanol–water partition coefficient (Wildman–Crippen LogP) is 1.36. The Labute approximate surface area is 104 Å². The molecular weight excluding hydrogens is 230 g/mol. The summed E-state index contributed by atoms with van der Waals surface area (Å²) < 4.78 is 0. The molecule has 1 aromatic carbocycles. The van der Waals surface area contributed by atoms with E-state index in [1.165, 1.54) is 5.56 Å². The molecule has 4 heteroatoms. The number of rotatable bonds is 4. The average molecular weight is 251 g/mol. The highest BCUT2D eigenvalue weighted by Crippen LogP contribution is 2.45. The highest BCUT2D eigenvalue weighted by Gasteiger charge is 2.53. The summed E-state index contributed by atoms with van der Waals surface area (Å²) in [5, 5.41) is 9.20. The first-order valence-electron chi connectivity index (χ1n) is 6.06. The van der Waals surface area contributed by atoms with Gasteiger partial charge in [0, 0.05) is 24.7 Å². The molecule has 0 amide bonds. The molecule has 1 aliphatic heterocycles. The molecule has 2 N–H and O–H groups in total. The predicted molar refractivity (Wildman–Crippen MR) is 71.0 cm³/mol. The third-order valence-corrected chi connectivity index (χ3v) is 7.53. The zero-order valence-corrected chi connectivity index (χ0v) is 11.6. The Morgan fingerprint density at radius 1 is 1.29 bits per heavy atom. The van der Waals surface area contributed by atoms with Crippen molar-refractivity contribution in [2.24, 2.45) is 0 Å². The Bertz CT molecular complexity index is 374. The zero-order chi connectivity index (χ0) is 12.5. The maximum atomic E-state index is 10.2. The van der Waals surface area contributed by atoms with Crippen molar-refractivity contribution >= 4 is 8.32 Å². The van der Waals surface area contributed by atoms with Gasteiger partial charge in [0.05, 0.1) is 6.23 Å². The lowest BCUT2D eigenvalue weighted by Gasteiger charge is -2.53. The van der Waals surface area contributed by atoms with Gasteiger partial charge in [-0.2, -0.15) is 0 Å². The number of aliphatic hydroxyl groups is 1. The van der Waals surface area contributed by atoms with E-state index in [1.54, 1.807) is 0 Å². The summed E-state index contributed by atoms with van der Waals surface area (Å²) in [6.45, 7) is 6.67. The van der Waals surface area contributed by atoms with Gasteiger partial charge in [0.2, 0.25) is 8.32 Å². The van der Waals surface area contributed by atoms with E-state index in [-0.39, 0.29) is 11.3 Å². The maximum absolute atomic E-state index is 10.2. The number of hydrogen-bond acceptors (Lipinski definition) is 3. The van der Waals surface area contributed by atoms with Crippen LogP contribution in [0, 0.1) is 0 Å². The molecule has 1 aromatic rings. The molecule has 0 spiro atoms. The van der Waals surface area contributed by atoms with Crippen LogP contribution in [0.3, 0.4) is 0 Å². The average Bonchev–Trinajstić information content (AvgIpc) is 2.28. The second-order valence-electron chi connectivity index (χ2n) is 5.62. The molecule has 94 valence electrons. The molecule has 0 radical (unpaired) electrons. The molecule has 0 saturated carbocycles. The molecule has 1 saturated heterocycles. The smallest absolute Gasteiger partial charge is 0.218 e. The lowest BCUT2D eigenvalue weighted by Crippen LogP contribution is -2.64. The van der Waals surface area contributed by atoms with Gasteiger partial charge in [-0.25, -0.2) is 0 Å². The van der Waals surface area contributed by atoms with E-state index in [2.05, 4.69) is 24.0 Å². The maximum Gasteiger partial charge on any atom is 0.218 e. The largest absolute Gasteiger partial charge is 0.429 e. The molecule has 3 nitrogen and oxygen atoms in total. The standard InChI is InChI=1S/C13H21NO2Si/c1-13(17(2,16)11-15)9-14(10-13)8-12-6-4-3-5-7-12/h3-7,15-16H,8-11H2,1-2H3. The van der Waals surface area contributed by atoms with Crippen molar-refractivity contribution < 1.29 is 9.90 Å². The minimum Gasteiger partial charge on any atom is -0.429 e. The lowest BCUT2D eigenvalue weighted by atomic mass is 10.00. The third-order valence-electron chi connectivity index (χ3n) is 4.00. The Kier molecular flexibility index (Phi) is 3.40. The summed E-state index contributed by atoms with van der Waals surface area (Å²) in [5.74, 6) is 0. The fraction of sp³-hybridized carbons (Fsp3) is 0.538. The van der Waals surface area contributed by atoms with Crippen LogP contribution in [0.15, 0.2) is 30.3 Å². The van der Waals surface area contributed by atoms with Gasteiger partial charge < -0.3 is 9.90 Å². The van der Waals surface area contributed by atoms with Crippen LogP contribution in [0.4, 0.5) is 0 Å². The van der Waals surface area contributed by atoms with Crippen molar-refractivity contribution in [1.29, 1.82) is 0 Å². The van der Waals surface area contributed by atoms with E-state index in [0.29, 0.717) is 0 Å². The molecule has 1 aliphatic rings.